The van der Waals surface area contributed by atoms with Gasteiger partial charge in [0.05, 0.1) is 10.6 Å². The van der Waals surface area contributed by atoms with Gasteiger partial charge < -0.3 is 5.73 Å². The van der Waals surface area contributed by atoms with E-state index in [4.69, 9.17) is 17.3 Å². The zero-order valence-electron chi connectivity index (χ0n) is 9.58. The van der Waals surface area contributed by atoms with E-state index in [9.17, 15) is 9.18 Å². The predicted octanol–water partition coefficient (Wildman–Crippen LogP) is 3.00. The summed E-state index contributed by atoms with van der Waals surface area (Å²) in [6.45, 7) is 1.75. The molecule has 1 aromatic heterocycles. The molecule has 2 N–H and O–H groups in total. The fourth-order valence-corrected chi connectivity index (χ4v) is 1.94. The van der Waals surface area contributed by atoms with E-state index in [-0.39, 0.29) is 22.2 Å². The summed E-state index contributed by atoms with van der Waals surface area (Å²) in [6.07, 6.45) is 1.52. The summed E-state index contributed by atoms with van der Waals surface area (Å²) >= 11 is 5.86. The normalized spacial score (nSPS) is 10.4. The minimum absolute atomic E-state index is 0.0580. The molecule has 0 atom stereocenters. The number of ketones is 1. The van der Waals surface area contributed by atoms with Gasteiger partial charge in [-0.1, -0.05) is 11.6 Å². The third kappa shape index (κ3) is 2.19. The van der Waals surface area contributed by atoms with E-state index in [1.165, 1.54) is 18.3 Å². The molecule has 1 aromatic carbocycles. The summed E-state index contributed by atoms with van der Waals surface area (Å²) < 4.78 is 12.9. The van der Waals surface area contributed by atoms with E-state index in [1.54, 1.807) is 13.0 Å². The molecular weight excluding hydrogens is 255 g/mol. The minimum Gasteiger partial charge on any atom is -0.383 e. The van der Waals surface area contributed by atoms with Gasteiger partial charge >= 0.3 is 0 Å². The number of hydrogen-bond donors (Lipinski definition) is 1. The van der Waals surface area contributed by atoms with E-state index >= 15 is 0 Å². The third-order valence-electron chi connectivity index (χ3n) is 2.59. The van der Waals surface area contributed by atoms with Crippen molar-refractivity contribution in [3.63, 3.8) is 0 Å². The van der Waals surface area contributed by atoms with E-state index in [0.29, 0.717) is 11.1 Å². The van der Waals surface area contributed by atoms with Crippen LogP contribution in [0.15, 0.2) is 30.5 Å². The first-order valence-corrected chi connectivity index (χ1v) is 5.59. The number of hydrogen-bond acceptors (Lipinski definition) is 3. The van der Waals surface area contributed by atoms with Gasteiger partial charge in [0.25, 0.3) is 0 Å². The highest BCUT2D eigenvalue weighted by Gasteiger charge is 2.18. The Kier molecular flexibility index (Phi) is 3.30. The van der Waals surface area contributed by atoms with E-state index in [0.717, 1.165) is 6.07 Å². The quantitative estimate of drug-likeness (QED) is 0.849. The van der Waals surface area contributed by atoms with E-state index < -0.39 is 5.82 Å². The molecule has 0 spiro atoms. The van der Waals surface area contributed by atoms with Crippen LogP contribution < -0.4 is 5.73 Å². The number of nitrogens with zero attached hydrogens (tertiary/aromatic N) is 1. The van der Waals surface area contributed by atoms with Gasteiger partial charge in [0.15, 0.2) is 5.78 Å². The molecule has 0 saturated carbocycles. The van der Waals surface area contributed by atoms with Crippen LogP contribution in [0.2, 0.25) is 5.02 Å². The Hall–Kier alpha value is -1.94. The summed E-state index contributed by atoms with van der Waals surface area (Å²) in [5, 5.41) is 0.0580. The Morgan fingerprint density at radius 2 is 2.11 bits per heavy atom. The number of aromatic nitrogens is 1. The molecular formula is C13H10ClFN2O. The second-order valence-corrected chi connectivity index (χ2v) is 4.25. The summed E-state index contributed by atoms with van der Waals surface area (Å²) in [7, 11) is 0. The number of rotatable bonds is 2. The Labute approximate surface area is 108 Å². The molecule has 0 fully saturated rings. The Morgan fingerprint density at radius 1 is 1.39 bits per heavy atom. The van der Waals surface area contributed by atoms with Crippen molar-refractivity contribution < 1.29 is 9.18 Å². The molecule has 92 valence electrons. The summed E-state index contributed by atoms with van der Waals surface area (Å²) in [4.78, 5) is 16.2. The summed E-state index contributed by atoms with van der Waals surface area (Å²) in [5.74, 6) is -0.712. The van der Waals surface area contributed by atoms with Crippen LogP contribution in [0.1, 0.15) is 21.5 Å². The van der Waals surface area contributed by atoms with Gasteiger partial charge in [0, 0.05) is 11.8 Å². The van der Waals surface area contributed by atoms with Gasteiger partial charge in [-0.15, -0.1) is 0 Å². The summed E-state index contributed by atoms with van der Waals surface area (Å²) in [5.41, 5.74) is 6.90. The number of benzene rings is 1. The number of halogens is 2. The fourth-order valence-electron chi connectivity index (χ4n) is 1.68. The third-order valence-corrected chi connectivity index (χ3v) is 2.90. The largest absolute Gasteiger partial charge is 0.383 e. The van der Waals surface area contributed by atoms with Gasteiger partial charge in [-0.25, -0.2) is 9.37 Å². The van der Waals surface area contributed by atoms with Crippen LogP contribution in [0, 0.1) is 12.7 Å². The van der Waals surface area contributed by atoms with Gasteiger partial charge in [-0.3, -0.25) is 4.79 Å². The van der Waals surface area contributed by atoms with Crippen molar-refractivity contribution in [1.29, 1.82) is 0 Å². The first-order chi connectivity index (χ1) is 8.50. The zero-order chi connectivity index (χ0) is 13.3. The molecule has 2 rings (SSSR count). The lowest BCUT2D eigenvalue weighted by molar-refractivity contribution is 0.103. The van der Waals surface area contributed by atoms with Crippen LogP contribution in [0.5, 0.6) is 0 Å². The lowest BCUT2D eigenvalue weighted by Gasteiger charge is -2.08. The standard InChI is InChI=1S/C13H10ClFN2O/c1-7-4-5-17-13(16)11(7)12(18)9-3-2-8(15)6-10(9)14/h2-6H,1H3,(H2,16,17). The number of anilines is 1. The predicted molar refractivity (Wildman–Crippen MR) is 68.2 cm³/mol. The fraction of sp³-hybridized carbons (Fsp3) is 0.0769. The molecule has 0 aliphatic heterocycles. The van der Waals surface area contributed by atoms with Crippen molar-refractivity contribution in [2.75, 3.05) is 5.73 Å². The Bertz CT molecular complexity index is 608. The molecule has 2 aromatic rings. The van der Waals surface area contributed by atoms with Gasteiger partial charge in [0.1, 0.15) is 11.6 Å². The van der Waals surface area contributed by atoms with Gasteiger partial charge in [-0.05, 0) is 36.8 Å². The average molecular weight is 265 g/mol. The number of nitrogen functional groups attached to an aromatic ring is 1. The van der Waals surface area contributed by atoms with E-state index in [2.05, 4.69) is 4.98 Å². The van der Waals surface area contributed by atoms with Gasteiger partial charge in [0.2, 0.25) is 0 Å². The van der Waals surface area contributed by atoms with Crippen LogP contribution in [0.4, 0.5) is 10.2 Å². The zero-order valence-corrected chi connectivity index (χ0v) is 10.3. The molecule has 1 heterocycles. The van der Waals surface area contributed by atoms with Crippen LogP contribution in [0.25, 0.3) is 0 Å². The maximum absolute atomic E-state index is 12.9. The number of carbonyl (C=O) groups excluding carboxylic acids is 1. The van der Waals surface area contributed by atoms with Crippen LogP contribution in [0.3, 0.4) is 0 Å². The molecule has 0 aliphatic rings. The SMILES string of the molecule is Cc1ccnc(N)c1C(=O)c1ccc(F)cc1Cl. The Balaban J connectivity index is 2.55. The van der Waals surface area contributed by atoms with Crippen molar-refractivity contribution in [2.24, 2.45) is 0 Å². The van der Waals surface area contributed by atoms with Crippen LogP contribution >= 0.6 is 11.6 Å². The number of carbonyl (C=O) groups is 1. The summed E-state index contributed by atoms with van der Waals surface area (Å²) in [6, 6.07) is 5.30. The molecule has 0 bridgehead atoms. The van der Waals surface area contributed by atoms with Crippen molar-refractivity contribution in [1.82, 2.24) is 4.98 Å². The molecule has 0 radical (unpaired) electrons. The second-order valence-electron chi connectivity index (χ2n) is 3.84. The topological polar surface area (TPSA) is 56.0 Å². The average Bonchev–Trinajstić information content (AvgIpc) is 2.28. The first-order valence-electron chi connectivity index (χ1n) is 5.21. The first kappa shape index (κ1) is 12.5. The minimum atomic E-state index is -0.493. The monoisotopic (exact) mass is 264 g/mol. The number of pyridine rings is 1. The maximum Gasteiger partial charge on any atom is 0.198 e. The molecule has 0 aliphatic carbocycles. The van der Waals surface area contributed by atoms with Crippen molar-refractivity contribution in [3.8, 4) is 0 Å². The van der Waals surface area contributed by atoms with Crippen LogP contribution in [-0.2, 0) is 0 Å². The molecule has 0 unspecified atom stereocenters. The molecule has 18 heavy (non-hydrogen) atoms. The number of nitrogens with two attached hydrogens (primary N) is 1. The number of aryl methyl sites for hydroxylation is 1. The molecule has 5 heteroatoms. The Morgan fingerprint density at radius 3 is 2.72 bits per heavy atom. The van der Waals surface area contributed by atoms with Crippen molar-refractivity contribution in [2.45, 2.75) is 6.92 Å². The molecule has 0 saturated heterocycles. The second kappa shape index (κ2) is 4.74. The molecule has 0 amide bonds. The lowest BCUT2D eigenvalue weighted by Crippen LogP contribution is -2.09. The maximum atomic E-state index is 12.9. The highest BCUT2D eigenvalue weighted by molar-refractivity contribution is 6.35. The van der Waals surface area contributed by atoms with Crippen molar-refractivity contribution >= 4 is 23.2 Å². The van der Waals surface area contributed by atoms with Crippen LogP contribution in [-0.4, -0.2) is 10.8 Å². The highest BCUT2D eigenvalue weighted by atomic mass is 35.5. The lowest BCUT2D eigenvalue weighted by atomic mass is 10.00. The molecule has 3 nitrogen and oxygen atoms in total. The smallest absolute Gasteiger partial charge is 0.198 e. The van der Waals surface area contributed by atoms with Gasteiger partial charge in [-0.2, -0.15) is 0 Å². The highest BCUT2D eigenvalue weighted by Crippen LogP contribution is 2.24. The van der Waals surface area contributed by atoms with Crippen molar-refractivity contribution in [3.05, 3.63) is 58.0 Å². The van der Waals surface area contributed by atoms with E-state index in [1.807, 2.05) is 0 Å².